The molecule has 0 spiro atoms. The lowest BCUT2D eigenvalue weighted by Crippen LogP contribution is -2.25. The number of hydrogen-bond acceptors (Lipinski definition) is 1. The van der Waals surface area contributed by atoms with E-state index in [2.05, 4.69) is 19.1 Å². The fraction of sp³-hybridized carbons (Fsp3) is 0.700. The van der Waals surface area contributed by atoms with Crippen molar-refractivity contribution in [1.82, 2.24) is 0 Å². The number of phenolic OH excluding ortho intramolecular Hbond substituents is 1. The number of hydrogen-bond donors (Lipinski definition) is 1. The zero-order valence-electron chi connectivity index (χ0n) is 13.4. The zero-order valence-corrected chi connectivity index (χ0v) is 13.4. The van der Waals surface area contributed by atoms with Crippen LogP contribution in [-0.2, 0) is 0 Å². The van der Waals surface area contributed by atoms with Crippen molar-refractivity contribution in [3.8, 4) is 5.75 Å². The summed E-state index contributed by atoms with van der Waals surface area (Å²) in [6.45, 7) is 2.36. The molecule has 1 aromatic rings. The van der Waals surface area contributed by atoms with E-state index in [0.29, 0.717) is 5.75 Å². The van der Waals surface area contributed by atoms with Crippen molar-refractivity contribution in [3.05, 3.63) is 29.8 Å². The second kappa shape index (κ2) is 6.85. The van der Waals surface area contributed by atoms with E-state index in [9.17, 15) is 5.11 Å². The Kier molecular flexibility index (Phi) is 4.87. The predicted molar refractivity (Wildman–Crippen MR) is 88.5 cm³/mol. The molecule has 2 fully saturated rings. The number of rotatable bonds is 3. The van der Waals surface area contributed by atoms with Crippen LogP contribution in [0.5, 0.6) is 5.75 Å². The molecule has 2 saturated carbocycles. The Morgan fingerprint density at radius 3 is 1.86 bits per heavy atom. The summed E-state index contributed by atoms with van der Waals surface area (Å²) in [5, 5.41) is 9.41. The Morgan fingerprint density at radius 1 is 0.810 bits per heavy atom. The first-order chi connectivity index (χ1) is 10.3. The van der Waals surface area contributed by atoms with Gasteiger partial charge in [-0.2, -0.15) is 0 Å². The standard InChI is InChI=1S/C20H30O/c1-2-15-3-5-16(6-4-15)17-7-9-18(10-8-17)19-11-13-20(21)14-12-19/h11-18,21H,2-10H2,1H3. The molecule has 0 amide bonds. The van der Waals surface area contributed by atoms with Crippen LogP contribution in [0.2, 0.25) is 0 Å². The number of benzene rings is 1. The molecule has 0 heterocycles. The number of aromatic hydroxyl groups is 1. The minimum atomic E-state index is 0.389. The van der Waals surface area contributed by atoms with E-state index in [1.807, 2.05) is 12.1 Å². The van der Waals surface area contributed by atoms with Crippen LogP contribution in [0.4, 0.5) is 0 Å². The summed E-state index contributed by atoms with van der Waals surface area (Å²) in [5.74, 6) is 4.16. The Bertz CT molecular complexity index is 420. The Morgan fingerprint density at radius 2 is 1.33 bits per heavy atom. The van der Waals surface area contributed by atoms with Crippen molar-refractivity contribution < 1.29 is 5.11 Å². The van der Waals surface area contributed by atoms with Crippen molar-refractivity contribution in [1.29, 1.82) is 0 Å². The van der Waals surface area contributed by atoms with Gasteiger partial charge in [-0.25, -0.2) is 0 Å². The molecule has 2 aliphatic carbocycles. The molecule has 116 valence electrons. The smallest absolute Gasteiger partial charge is 0.115 e. The molecule has 1 N–H and O–H groups in total. The minimum absolute atomic E-state index is 0.389. The quantitative estimate of drug-likeness (QED) is 0.735. The molecule has 1 heteroatoms. The van der Waals surface area contributed by atoms with Crippen molar-refractivity contribution in [2.45, 2.75) is 70.6 Å². The highest BCUT2D eigenvalue weighted by Crippen LogP contribution is 2.44. The molecule has 0 unspecified atom stereocenters. The van der Waals surface area contributed by atoms with Gasteiger partial charge in [-0.05, 0) is 79.9 Å². The highest BCUT2D eigenvalue weighted by atomic mass is 16.3. The van der Waals surface area contributed by atoms with Crippen LogP contribution < -0.4 is 0 Å². The summed E-state index contributed by atoms with van der Waals surface area (Å²) in [7, 11) is 0. The molecule has 21 heavy (non-hydrogen) atoms. The molecular weight excluding hydrogens is 256 g/mol. The third-order valence-electron chi connectivity index (χ3n) is 6.27. The first kappa shape index (κ1) is 14.9. The van der Waals surface area contributed by atoms with Crippen LogP contribution in [0, 0.1) is 17.8 Å². The Labute approximate surface area is 129 Å². The molecule has 3 rings (SSSR count). The van der Waals surface area contributed by atoms with Crippen molar-refractivity contribution in [3.63, 3.8) is 0 Å². The monoisotopic (exact) mass is 286 g/mol. The third-order valence-corrected chi connectivity index (χ3v) is 6.27. The van der Waals surface area contributed by atoms with E-state index < -0.39 is 0 Å². The normalized spacial score (nSPS) is 33.8. The lowest BCUT2D eigenvalue weighted by molar-refractivity contribution is 0.158. The summed E-state index contributed by atoms with van der Waals surface area (Å²) in [5.41, 5.74) is 1.43. The molecule has 2 aliphatic rings. The van der Waals surface area contributed by atoms with Gasteiger partial charge in [0, 0.05) is 0 Å². The predicted octanol–water partition coefficient (Wildman–Crippen LogP) is 5.88. The largest absolute Gasteiger partial charge is 0.508 e. The molecular formula is C20H30O. The van der Waals surface area contributed by atoms with Crippen LogP contribution >= 0.6 is 0 Å². The van der Waals surface area contributed by atoms with Crippen LogP contribution in [0.1, 0.15) is 76.2 Å². The first-order valence-corrected chi connectivity index (χ1v) is 9.05. The van der Waals surface area contributed by atoms with Gasteiger partial charge in [-0.15, -0.1) is 0 Å². The lowest BCUT2D eigenvalue weighted by atomic mass is 9.68. The van der Waals surface area contributed by atoms with Gasteiger partial charge < -0.3 is 5.11 Å². The molecule has 0 radical (unpaired) electrons. The van der Waals surface area contributed by atoms with E-state index in [-0.39, 0.29) is 0 Å². The van der Waals surface area contributed by atoms with Crippen LogP contribution in [-0.4, -0.2) is 5.11 Å². The van der Waals surface area contributed by atoms with E-state index in [0.717, 1.165) is 23.7 Å². The Balaban J connectivity index is 1.50. The molecule has 0 atom stereocenters. The fourth-order valence-electron chi connectivity index (χ4n) is 4.74. The van der Waals surface area contributed by atoms with Crippen LogP contribution in [0.3, 0.4) is 0 Å². The summed E-state index contributed by atoms with van der Waals surface area (Å²) in [4.78, 5) is 0. The maximum absolute atomic E-state index is 9.41. The maximum Gasteiger partial charge on any atom is 0.115 e. The maximum atomic E-state index is 9.41. The number of phenols is 1. The van der Waals surface area contributed by atoms with Gasteiger partial charge in [0.1, 0.15) is 5.75 Å². The molecule has 1 nitrogen and oxygen atoms in total. The highest BCUT2D eigenvalue weighted by Gasteiger charge is 2.30. The third kappa shape index (κ3) is 3.62. The van der Waals surface area contributed by atoms with Gasteiger partial charge in [-0.1, -0.05) is 38.3 Å². The summed E-state index contributed by atoms with van der Waals surface area (Å²) >= 11 is 0. The van der Waals surface area contributed by atoms with Crippen LogP contribution in [0.15, 0.2) is 24.3 Å². The van der Waals surface area contributed by atoms with Gasteiger partial charge in [0.05, 0.1) is 0 Å². The van der Waals surface area contributed by atoms with E-state index in [1.54, 1.807) is 0 Å². The average molecular weight is 286 g/mol. The van der Waals surface area contributed by atoms with Gasteiger partial charge in [0.2, 0.25) is 0 Å². The van der Waals surface area contributed by atoms with Gasteiger partial charge >= 0.3 is 0 Å². The van der Waals surface area contributed by atoms with E-state index in [4.69, 9.17) is 0 Å². The molecule has 0 aliphatic heterocycles. The van der Waals surface area contributed by atoms with Crippen molar-refractivity contribution >= 4 is 0 Å². The van der Waals surface area contributed by atoms with Gasteiger partial charge in [-0.3, -0.25) is 0 Å². The minimum Gasteiger partial charge on any atom is -0.508 e. The van der Waals surface area contributed by atoms with Crippen molar-refractivity contribution in [2.75, 3.05) is 0 Å². The summed E-state index contributed by atoms with van der Waals surface area (Å²) in [6.07, 6.45) is 12.9. The molecule has 1 aromatic carbocycles. The zero-order chi connectivity index (χ0) is 14.7. The average Bonchev–Trinajstić information content (AvgIpc) is 2.56. The fourth-order valence-corrected chi connectivity index (χ4v) is 4.74. The Hall–Kier alpha value is -0.980. The van der Waals surface area contributed by atoms with E-state index in [1.165, 1.54) is 63.4 Å². The summed E-state index contributed by atoms with van der Waals surface area (Å²) < 4.78 is 0. The first-order valence-electron chi connectivity index (χ1n) is 9.05. The lowest BCUT2D eigenvalue weighted by Gasteiger charge is -2.38. The highest BCUT2D eigenvalue weighted by molar-refractivity contribution is 5.28. The van der Waals surface area contributed by atoms with Crippen LogP contribution in [0.25, 0.3) is 0 Å². The summed E-state index contributed by atoms with van der Waals surface area (Å²) in [6, 6.07) is 7.92. The van der Waals surface area contributed by atoms with Crippen molar-refractivity contribution in [2.24, 2.45) is 17.8 Å². The second-order valence-corrected chi connectivity index (χ2v) is 7.39. The molecule has 0 saturated heterocycles. The second-order valence-electron chi connectivity index (χ2n) is 7.39. The van der Waals surface area contributed by atoms with Gasteiger partial charge in [0.25, 0.3) is 0 Å². The molecule has 0 aromatic heterocycles. The topological polar surface area (TPSA) is 20.2 Å². The van der Waals surface area contributed by atoms with E-state index >= 15 is 0 Å². The molecule has 0 bridgehead atoms. The van der Waals surface area contributed by atoms with Gasteiger partial charge in [0.15, 0.2) is 0 Å². The SMILES string of the molecule is CCC1CCC(C2CCC(c3ccc(O)cc3)CC2)CC1.